The van der Waals surface area contributed by atoms with E-state index >= 15 is 0 Å². The smallest absolute Gasteiger partial charge is 0.319 e. The molecule has 0 bridgehead atoms. The zero-order valence-electron chi connectivity index (χ0n) is 10.4. The molecule has 0 unspecified atom stereocenters. The van der Waals surface area contributed by atoms with E-state index in [0.29, 0.717) is 12.4 Å². The average molecular weight is 225 g/mol. The number of carbonyl (C=O) groups excluding carboxylic acids is 1. The van der Waals surface area contributed by atoms with Gasteiger partial charge in [0.1, 0.15) is 17.6 Å². The largest absolute Gasteiger partial charge is 0.465 e. The Kier molecular flexibility index (Phi) is 4.04. The van der Waals surface area contributed by atoms with Gasteiger partial charge in [0.25, 0.3) is 0 Å². The summed E-state index contributed by atoms with van der Waals surface area (Å²) in [6.45, 7) is 8.67. The summed E-state index contributed by atoms with van der Waals surface area (Å²) in [5.74, 6) is 0.396. The van der Waals surface area contributed by atoms with Gasteiger partial charge in [0.05, 0.1) is 6.61 Å². The van der Waals surface area contributed by atoms with Crippen LogP contribution in [-0.4, -0.2) is 27.3 Å². The summed E-state index contributed by atoms with van der Waals surface area (Å²) in [7, 11) is 0. The number of nitrogens with zero attached hydrogens (tertiary/aromatic N) is 3. The number of carbonyl (C=O) groups is 1. The highest BCUT2D eigenvalue weighted by Gasteiger charge is 2.36. The van der Waals surface area contributed by atoms with Crippen molar-refractivity contribution in [2.45, 2.75) is 46.1 Å². The molecule has 0 fully saturated rings. The van der Waals surface area contributed by atoms with Crippen molar-refractivity contribution in [3.05, 3.63) is 12.2 Å². The summed E-state index contributed by atoms with van der Waals surface area (Å²) in [5.41, 5.74) is -0.748. The van der Waals surface area contributed by atoms with Crippen molar-refractivity contribution < 1.29 is 9.53 Å². The molecule has 0 spiro atoms. The predicted octanol–water partition coefficient (Wildman–Crippen LogP) is 1.53. The highest BCUT2D eigenvalue weighted by Crippen LogP contribution is 2.22. The van der Waals surface area contributed by atoms with Crippen molar-refractivity contribution in [3.8, 4) is 0 Å². The van der Waals surface area contributed by atoms with Crippen LogP contribution in [0.4, 0.5) is 0 Å². The van der Waals surface area contributed by atoms with Crippen molar-refractivity contribution in [1.82, 2.24) is 14.8 Å². The SMILES string of the molecule is CCCn1cnnc1C(C)(C)C(=O)OCC. The van der Waals surface area contributed by atoms with E-state index in [9.17, 15) is 4.79 Å². The Labute approximate surface area is 95.8 Å². The van der Waals surface area contributed by atoms with E-state index in [-0.39, 0.29) is 5.97 Å². The Morgan fingerprint density at radius 3 is 2.75 bits per heavy atom. The molecule has 5 nitrogen and oxygen atoms in total. The van der Waals surface area contributed by atoms with Crippen molar-refractivity contribution >= 4 is 5.97 Å². The van der Waals surface area contributed by atoms with E-state index in [0.717, 1.165) is 13.0 Å². The number of esters is 1. The van der Waals surface area contributed by atoms with Gasteiger partial charge in [-0.15, -0.1) is 10.2 Å². The third kappa shape index (κ3) is 2.40. The summed E-state index contributed by atoms with van der Waals surface area (Å²) in [5, 5.41) is 7.88. The minimum absolute atomic E-state index is 0.264. The molecule has 0 radical (unpaired) electrons. The maximum atomic E-state index is 11.8. The lowest BCUT2D eigenvalue weighted by Crippen LogP contribution is -2.34. The first kappa shape index (κ1) is 12.7. The van der Waals surface area contributed by atoms with Crippen LogP contribution in [0.15, 0.2) is 6.33 Å². The van der Waals surface area contributed by atoms with Crippen LogP contribution in [-0.2, 0) is 21.5 Å². The lowest BCUT2D eigenvalue weighted by atomic mass is 9.92. The number of rotatable bonds is 5. The molecule has 0 aliphatic rings. The molecule has 1 heterocycles. The second-order valence-corrected chi connectivity index (χ2v) is 4.19. The number of hydrogen-bond donors (Lipinski definition) is 0. The van der Waals surface area contributed by atoms with E-state index in [4.69, 9.17) is 4.74 Å². The third-order valence-corrected chi connectivity index (χ3v) is 2.42. The zero-order valence-corrected chi connectivity index (χ0v) is 10.4. The monoisotopic (exact) mass is 225 g/mol. The second-order valence-electron chi connectivity index (χ2n) is 4.19. The molecule has 0 aliphatic carbocycles. The number of hydrogen-bond acceptors (Lipinski definition) is 4. The van der Waals surface area contributed by atoms with Crippen molar-refractivity contribution in [3.63, 3.8) is 0 Å². The normalized spacial score (nSPS) is 11.5. The molecule has 90 valence electrons. The fraction of sp³-hybridized carbons (Fsp3) is 0.727. The van der Waals surface area contributed by atoms with E-state index in [2.05, 4.69) is 17.1 Å². The second kappa shape index (κ2) is 5.09. The fourth-order valence-corrected chi connectivity index (χ4v) is 1.55. The van der Waals surface area contributed by atoms with Gasteiger partial charge in [-0.2, -0.15) is 0 Å². The van der Waals surface area contributed by atoms with Gasteiger partial charge in [-0.3, -0.25) is 4.79 Å². The van der Waals surface area contributed by atoms with Gasteiger partial charge < -0.3 is 9.30 Å². The van der Waals surface area contributed by atoms with E-state index in [1.54, 1.807) is 27.1 Å². The first-order chi connectivity index (χ1) is 7.54. The Hall–Kier alpha value is -1.39. The molecule has 16 heavy (non-hydrogen) atoms. The van der Waals surface area contributed by atoms with Gasteiger partial charge >= 0.3 is 5.97 Å². The van der Waals surface area contributed by atoms with Gasteiger partial charge in [0, 0.05) is 6.54 Å². The number of aromatic nitrogens is 3. The zero-order chi connectivity index (χ0) is 12.2. The third-order valence-electron chi connectivity index (χ3n) is 2.42. The molecule has 0 saturated heterocycles. The van der Waals surface area contributed by atoms with Crippen LogP contribution in [0.25, 0.3) is 0 Å². The predicted molar refractivity (Wildman–Crippen MR) is 60.0 cm³/mol. The molecule has 0 N–H and O–H groups in total. The summed E-state index contributed by atoms with van der Waals surface area (Å²) in [6.07, 6.45) is 2.63. The van der Waals surface area contributed by atoms with Crippen LogP contribution in [0.5, 0.6) is 0 Å². The molecular formula is C11H19N3O2. The molecule has 0 aliphatic heterocycles. The summed E-state index contributed by atoms with van der Waals surface area (Å²) >= 11 is 0. The van der Waals surface area contributed by atoms with Crippen LogP contribution < -0.4 is 0 Å². The maximum Gasteiger partial charge on any atom is 0.319 e. The Bertz CT molecular complexity index is 358. The maximum absolute atomic E-state index is 11.8. The van der Waals surface area contributed by atoms with Crippen LogP contribution in [0.1, 0.15) is 39.9 Å². The molecule has 0 aromatic carbocycles. The van der Waals surface area contributed by atoms with E-state index < -0.39 is 5.41 Å². The highest BCUT2D eigenvalue weighted by atomic mass is 16.5. The molecule has 0 atom stereocenters. The molecule has 1 aromatic heterocycles. The molecular weight excluding hydrogens is 206 g/mol. The number of aryl methyl sites for hydroxylation is 1. The van der Waals surface area contributed by atoms with Crippen LogP contribution in [0.3, 0.4) is 0 Å². The minimum Gasteiger partial charge on any atom is -0.465 e. The Morgan fingerprint density at radius 2 is 2.19 bits per heavy atom. The van der Waals surface area contributed by atoms with Gasteiger partial charge in [0.15, 0.2) is 0 Å². The summed E-state index contributed by atoms with van der Waals surface area (Å²) < 4.78 is 6.94. The van der Waals surface area contributed by atoms with Gasteiger partial charge in [-0.1, -0.05) is 6.92 Å². The standard InChI is InChI=1S/C11H19N3O2/c1-5-7-14-8-12-13-9(14)11(3,4)10(15)16-6-2/h8H,5-7H2,1-4H3. The quantitative estimate of drug-likeness (QED) is 0.713. The summed E-state index contributed by atoms with van der Waals surface area (Å²) in [6, 6.07) is 0. The molecule has 0 saturated carbocycles. The van der Waals surface area contributed by atoms with Gasteiger partial charge in [-0.05, 0) is 27.2 Å². The molecule has 0 amide bonds. The average Bonchev–Trinajstić information content (AvgIpc) is 2.67. The van der Waals surface area contributed by atoms with Gasteiger partial charge in [-0.25, -0.2) is 0 Å². The van der Waals surface area contributed by atoms with Crippen LogP contribution >= 0.6 is 0 Å². The topological polar surface area (TPSA) is 57.0 Å². The van der Waals surface area contributed by atoms with Crippen LogP contribution in [0, 0.1) is 0 Å². The highest BCUT2D eigenvalue weighted by molar-refractivity contribution is 5.81. The van der Waals surface area contributed by atoms with Crippen molar-refractivity contribution in [2.75, 3.05) is 6.61 Å². The minimum atomic E-state index is -0.748. The first-order valence-corrected chi connectivity index (χ1v) is 5.59. The van der Waals surface area contributed by atoms with E-state index in [1.165, 1.54) is 0 Å². The molecule has 5 heteroatoms. The number of ether oxygens (including phenoxy) is 1. The van der Waals surface area contributed by atoms with Crippen molar-refractivity contribution in [1.29, 1.82) is 0 Å². The summed E-state index contributed by atoms with van der Waals surface area (Å²) in [4.78, 5) is 11.8. The van der Waals surface area contributed by atoms with E-state index in [1.807, 2.05) is 4.57 Å². The fourth-order valence-electron chi connectivity index (χ4n) is 1.55. The van der Waals surface area contributed by atoms with Gasteiger partial charge in [0.2, 0.25) is 0 Å². The van der Waals surface area contributed by atoms with Crippen LogP contribution in [0.2, 0.25) is 0 Å². The lowest BCUT2D eigenvalue weighted by molar-refractivity contribution is -0.149. The lowest BCUT2D eigenvalue weighted by Gasteiger charge is -2.21. The first-order valence-electron chi connectivity index (χ1n) is 5.59. The Morgan fingerprint density at radius 1 is 1.50 bits per heavy atom. The molecule has 1 aromatic rings. The molecule has 1 rings (SSSR count). The van der Waals surface area contributed by atoms with Crippen molar-refractivity contribution in [2.24, 2.45) is 0 Å². The Balaban J connectivity index is 2.96.